The number of rotatable bonds is 3. The van der Waals surface area contributed by atoms with Crippen LogP contribution in [0.4, 0.5) is 10.1 Å². The maximum atomic E-state index is 15.4. The molecule has 5 rings (SSSR count). The van der Waals surface area contributed by atoms with Gasteiger partial charge in [0.1, 0.15) is 16.6 Å². The normalized spacial score (nSPS) is 26.7. The fraction of sp³-hybridized carbons (Fsp3) is 0.600. The van der Waals surface area contributed by atoms with Crippen LogP contribution in [0.15, 0.2) is 9.59 Å². The summed E-state index contributed by atoms with van der Waals surface area (Å²) in [5, 5.41) is 20.7. The Bertz CT molecular complexity index is 1110. The fourth-order valence-electron chi connectivity index (χ4n) is 5.21. The molecule has 1 aliphatic heterocycles. The van der Waals surface area contributed by atoms with Crippen LogP contribution in [0.25, 0.3) is 10.9 Å². The zero-order valence-corrected chi connectivity index (χ0v) is 16.2. The van der Waals surface area contributed by atoms with Crippen molar-refractivity contribution in [2.45, 2.75) is 44.2 Å². The van der Waals surface area contributed by atoms with Crippen LogP contribution >= 0.6 is 0 Å². The monoisotopic (exact) mass is 405 g/mol. The van der Waals surface area contributed by atoms with Crippen molar-refractivity contribution in [1.82, 2.24) is 9.55 Å². The van der Waals surface area contributed by atoms with Crippen molar-refractivity contribution in [3.05, 3.63) is 26.7 Å². The molecule has 3 atom stereocenters. The number of nitrogens with zero attached hydrogens (tertiary/aromatic N) is 2. The number of hydrogen-bond donors (Lipinski definition) is 3. The van der Waals surface area contributed by atoms with E-state index in [2.05, 4.69) is 4.98 Å². The minimum atomic E-state index is -0.936. The maximum Gasteiger partial charge on any atom is 0.329 e. The molecular weight excluding hydrogens is 381 g/mol. The number of aliphatic hydroxyl groups is 1. The third-order valence-electron chi connectivity index (χ3n) is 6.72. The third kappa shape index (κ3) is 2.67. The first-order valence-electron chi connectivity index (χ1n) is 10.1. The standard InChI is InChI=1S/C20H24FN3O5/c1-29-18-15-13(19(27)22-20(28)24(15)10-5-6-10)17(26)14(21)16(18)23-7-9-3-2-4-12(25)11(9)8-23/h9-12,25-26H,2-8H2,1H3,(H,22,27,28). The van der Waals surface area contributed by atoms with Gasteiger partial charge in [0.05, 0.1) is 13.2 Å². The second kappa shape index (κ2) is 6.48. The first kappa shape index (κ1) is 18.5. The van der Waals surface area contributed by atoms with Crippen molar-refractivity contribution in [3.8, 4) is 11.5 Å². The van der Waals surface area contributed by atoms with E-state index in [-0.39, 0.29) is 40.2 Å². The van der Waals surface area contributed by atoms with Crippen LogP contribution < -0.4 is 20.9 Å². The topological polar surface area (TPSA) is 108 Å². The molecule has 3 fully saturated rings. The Hall–Kier alpha value is -2.55. The van der Waals surface area contributed by atoms with Crippen molar-refractivity contribution in [2.75, 3.05) is 25.1 Å². The van der Waals surface area contributed by atoms with Crippen LogP contribution in [0.1, 0.15) is 38.1 Å². The molecule has 2 saturated carbocycles. The van der Waals surface area contributed by atoms with E-state index in [1.807, 2.05) is 0 Å². The molecule has 0 bridgehead atoms. The van der Waals surface area contributed by atoms with Gasteiger partial charge in [0.25, 0.3) is 5.56 Å². The highest BCUT2D eigenvalue weighted by molar-refractivity contribution is 5.96. The average molecular weight is 405 g/mol. The van der Waals surface area contributed by atoms with Gasteiger partial charge in [0.2, 0.25) is 0 Å². The highest BCUT2D eigenvalue weighted by atomic mass is 19.1. The molecule has 1 saturated heterocycles. The second-order valence-electron chi connectivity index (χ2n) is 8.46. The highest BCUT2D eigenvalue weighted by Gasteiger charge is 2.42. The van der Waals surface area contributed by atoms with E-state index in [0.717, 1.165) is 32.1 Å². The van der Waals surface area contributed by atoms with Gasteiger partial charge in [0, 0.05) is 25.0 Å². The molecule has 2 aliphatic carbocycles. The summed E-state index contributed by atoms with van der Waals surface area (Å²) in [4.78, 5) is 28.9. The molecule has 1 aromatic carbocycles. The Balaban J connectivity index is 1.76. The summed E-state index contributed by atoms with van der Waals surface area (Å²) >= 11 is 0. The number of aromatic nitrogens is 2. The number of ether oxygens (including phenoxy) is 1. The summed E-state index contributed by atoms with van der Waals surface area (Å²) in [6.07, 6.45) is 3.70. The Kier molecular flexibility index (Phi) is 4.13. The average Bonchev–Trinajstić information content (AvgIpc) is 3.41. The molecule has 3 unspecified atom stereocenters. The number of fused-ring (bicyclic) bond motifs is 2. The van der Waals surface area contributed by atoms with Gasteiger partial charge in [-0.1, -0.05) is 6.42 Å². The molecule has 2 heterocycles. The van der Waals surface area contributed by atoms with E-state index in [1.165, 1.54) is 11.7 Å². The Morgan fingerprint density at radius 2 is 1.93 bits per heavy atom. The molecule has 29 heavy (non-hydrogen) atoms. The zero-order chi connectivity index (χ0) is 20.4. The van der Waals surface area contributed by atoms with Crippen LogP contribution in [0.5, 0.6) is 11.5 Å². The van der Waals surface area contributed by atoms with Gasteiger partial charge in [-0.25, -0.2) is 9.18 Å². The molecule has 3 N–H and O–H groups in total. The van der Waals surface area contributed by atoms with E-state index in [0.29, 0.717) is 13.1 Å². The summed E-state index contributed by atoms with van der Waals surface area (Å²) in [7, 11) is 1.37. The first-order chi connectivity index (χ1) is 13.9. The van der Waals surface area contributed by atoms with Crippen molar-refractivity contribution >= 4 is 16.6 Å². The molecule has 156 valence electrons. The zero-order valence-electron chi connectivity index (χ0n) is 16.2. The van der Waals surface area contributed by atoms with Crippen molar-refractivity contribution in [3.63, 3.8) is 0 Å². The Morgan fingerprint density at radius 1 is 1.17 bits per heavy atom. The maximum absolute atomic E-state index is 15.4. The van der Waals surface area contributed by atoms with E-state index < -0.39 is 28.9 Å². The van der Waals surface area contributed by atoms with Gasteiger partial charge in [-0.15, -0.1) is 0 Å². The van der Waals surface area contributed by atoms with E-state index in [9.17, 15) is 19.8 Å². The number of phenolic OH excluding ortho intramolecular Hbond substituents is 1. The summed E-state index contributed by atoms with van der Waals surface area (Å²) in [6, 6.07) is -0.114. The van der Waals surface area contributed by atoms with Crippen molar-refractivity contribution < 1.29 is 19.3 Å². The number of hydrogen-bond acceptors (Lipinski definition) is 6. The van der Waals surface area contributed by atoms with E-state index >= 15 is 4.39 Å². The van der Waals surface area contributed by atoms with Gasteiger partial charge in [0.15, 0.2) is 17.3 Å². The highest BCUT2D eigenvalue weighted by Crippen LogP contribution is 2.48. The molecule has 0 radical (unpaired) electrons. The minimum Gasteiger partial charge on any atom is -0.504 e. The van der Waals surface area contributed by atoms with Gasteiger partial charge in [-0.3, -0.25) is 14.3 Å². The third-order valence-corrected chi connectivity index (χ3v) is 6.72. The second-order valence-corrected chi connectivity index (χ2v) is 8.46. The number of aromatic amines is 1. The smallest absolute Gasteiger partial charge is 0.329 e. The number of halogens is 1. The molecule has 9 heteroatoms. The fourth-order valence-corrected chi connectivity index (χ4v) is 5.21. The first-order valence-corrected chi connectivity index (χ1v) is 10.1. The molecule has 3 aliphatic rings. The quantitative estimate of drug-likeness (QED) is 0.714. The number of methoxy groups -OCH3 is 1. The van der Waals surface area contributed by atoms with Gasteiger partial charge >= 0.3 is 5.69 Å². The lowest BCUT2D eigenvalue weighted by Gasteiger charge is -2.28. The SMILES string of the molecule is COc1c(N2CC3CCCC(O)C3C2)c(F)c(O)c2c(=O)[nH]c(=O)n(C3CC3)c12. The lowest BCUT2D eigenvalue weighted by Crippen LogP contribution is -2.32. The predicted octanol–water partition coefficient (Wildman–Crippen LogP) is 1.48. The molecule has 8 nitrogen and oxygen atoms in total. The number of phenols is 1. The number of anilines is 1. The molecular formula is C20H24FN3O5. The van der Waals surface area contributed by atoms with Crippen LogP contribution in [-0.4, -0.2) is 46.1 Å². The van der Waals surface area contributed by atoms with Crippen LogP contribution in [-0.2, 0) is 0 Å². The molecule has 1 aromatic heterocycles. The van der Waals surface area contributed by atoms with Crippen molar-refractivity contribution in [1.29, 1.82) is 0 Å². The number of nitrogens with one attached hydrogen (secondary N) is 1. The van der Waals surface area contributed by atoms with E-state index in [4.69, 9.17) is 4.74 Å². The molecule has 0 spiro atoms. The molecule has 0 amide bonds. The van der Waals surface area contributed by atoms with Crippen LogP contribution in [0.3, 0.4) is 0 Å². The lowest BCUT2D eigenvalue weighted by molar-refractivity contribution is 0.0565. The number of aliphatic hydroxyl groups excluding tert-OH is 1. The largest absolute Gasteiger partial charge is 0.504 e. The summed E-state index contributed by atoms with van der Waals surface area (Å²) < 4.78 is 22.3. The minimum absolute atomic E-state index is 0.0236. The number of aromatic hydroxyl groups is 1. The summed E-state index contributed by atoms with van der Waals surface area (Å²) in [5.41, 5.74) is -1.24. The van der Waals surface area contributed by atoms with Gasteiger partial charge in [-0.05, 0) is 31.6 Å². The van der Waals surface area contributed by atoms with E-state index in [1.54, 1.807) is 4.90 Å². The predicted molar refractivity (Wildman–Crippen MR) is 104 cm³/mol. The number of H-pyrrole nitrogens is 1. The lowest BCUT2D eigenvalue weighted by atomic mass is 9.80. The van der Waals surface area contributed by atoms with Crippen molar-refractivity contribution in [2.24, 2.45) is 11.8 Å². The summed E-state index contributed by atoms with van der Waals surface area (Å²) in [5.74, 6) is -1.38. The number of benzene rings is 1. The van der Waals surface area contributed by atoms with Gasteiger partial charge < -0.3 is 19.8 Å². The van der Waals surface area contributed by atoms with Gasteiger partial charge in [-0.2, -0.15) is 0 Å². The molecule has 2 aromatic rings. The van der Waals surface area contributed by atoms with Crippen LogP contribution in [0.2, 0.25) is 0 Å². The Labute approximate surface area is 165 Å². The summed E-state index contributed by atoms with van der Waals surface area (Å²) in [6.45, 7) is 0.956. The van der Waals surface area contributed by atoms with Crippen LogP contribution in [0, 0.1) is 17.7 Å². The Morgan fingerprint density at radius 3 is 2.59 bits per heavy atom.